The molecular weight excluding hydrogens is 366 g/mol. The molecule has 27 heavy (non-hydrogen) atoms. The van der Waals surface area contributed by atoms with Crippen molar-refractivity contribution in [1.29, 1.82) is 0 Å². The fourth-order valence-electron chi connectivity index (χ4n) is 2.48. The van der Waals surface area contributed by atoms with E-state index in [1.165, 1.54) is 12.1 Å². The maximum absolute atomic E-state index is 12.1. The number of benzene rings is 2. The summed E-state index contributed by atoms with van der Waals surface area (Å²) in [6.07, 6.45) is 0.555. The van der Waals surface area contributed by atoms with Gasteiger partial charge < -0.3 is 4.42 Å². The summed E-state index contributed by atoms with van der Waals surface area (Å²) < 4.78 is 29.0. The number of anilines is 1. The molecule has 1 aromatic heterocycles. The summed E-state index contributed by atoms with van der Waals surface area (Å²) in [7, 11) is -3.25. The van der Waals surface area contributed by atoms with Gasteiger partial charge in [0.25, 0.3) is 0 Å². The van der Waals surface area contributed by atoms with Crippen LogP contribution in [0, 0.1) is 0 Å². The van der Waals surface area contributed by atoms with Crippen molar-refractivity contribution in [3.8, 4) is 0 Å². The van der Waals surface area contributed by atoms with Crippen LogP contribution in [0.1, 0.15) is 23.9 Å². The van der Waals surface area contributed by atoms with Gasteiger partial charge >= 0.3 is 6.01 Å². The molecule has 0 radical (unpaired) electrons. The maximum Gasteiger partial charge on any atom is 0.322 e. The predicted molar refractivity (Wildman–Crippen MR) is 100 cm³/mol. The molecule has 0 aliphatic carbocycles. The lowest BCUT2D eigenvalue weighted by atomic mass is 10.1. The highest BCUT2D eigenvalue weighted by atomic mass is 32.2. The quantitative estimate of drug-likeness (QED) is 0.671. The third-order valence-corrected chi connectivity index (χ3v) is 5.69. The lowest BCUT2D eigenvalue weighted by molar-refractivity contribution is -0.115. The highest BCUT2D eigenvalue weighted by Gasteiger charge is 2.13. The Balaban J connectivity index is 1.58. The number of carbonyl (C=O) groups excluding carboxylic acids is 1. The highest BCUT2D eigenvalue weighted by Crippen LogP contribution is 2.14. The molecule has 7 nitrogen and oxygen atoms in total. The van der Waals surface area contributed by atoms with Crippen LogP contribution >= 0.6 is 0 Å². The average molecular weight is 385 g/mol. The zero-order chi connectivity index (χ0) is 19.3. The molecule has 8 heteroatoms. The van der Waals surface area contributed by atoms with Gasteiger partial charge in [-0.3, -0.25) is 10.1 Å². The number of nitrogens with zero attached hydrogens (tertiary/aromatic N) is 2. The Kier molecular flexibility index (Phi) is 5.66. The number of sulfone groups is 1. The fourth-order valence-corrected chi connectivity index (χ4v) is 3.36. The molecule has 0 spiro atoms. The van der Waals surface area contributed by atoms with Gasteiger partial charge in [0.15, 0.2) is 9.84 Å². The van der Waals surface area contributed by atoms with Crippen LogP contribution < -0.4 is 5.32 Å². The first kappa shape index (κ1) is 18.8. The largest absolute Gasteiger partial charge is 0.407 e. The van der Waals surface area contributed by atoms with Crippen molar-refractivity contribution in [1.82, 2.24) is 10.2 Å². The smallest absolute Gasteiger partial charge is 0.322 e. The summed E-state index contributed by atoms with van der Waals surface area (Å²) in [5, 5.41) is 10.3. The van der Waals surface area contributed by atoms with Crippen molar-refractivity contribution >= 4 is 21.8 Å². The summed E-state index contributed by atoms with van der Waals surface area (Å²) in [4.78, 5) is 12.4. The second-order valence-electron chi connectivity index (χ2n) is 5.94. The molecule has 1 heterocycles. The van der Waals surface area contributed by atoms with Gasteiger partial charge in [0, 0.05) is 0 Å². The fraction of sp³-hybridized carbons (Fsp3) is 0.211. The van der Waals surface area contributed by atoms with Gasteiger partial charge in [0.2, 0.25) is 11.8 Å². The number of nitrogens with one attached hydrogen (secondary N) is 1. The minimum atomic E-state index is -3.25. The molecule has 2 aromatic carbocycles. The van der Waals surface area contributed by atoms with E-state index in [1.54, 1.807) is 19.1 Å². The molecule has 0 atom stereocenters. The van der Waals surface area contributed by atoms with Crippen LogP contribution in [0.2, 0.25) is 0 Å². The van der Waals surface area contributed by atoms with Crippen molar-refractivity contribution < 1.29 is 17.6 Å². The van der Waals surface area contributed by atoms with Crippen molar-refractivity contribution in [3.63, 3.8) is 0 Å². The molecule has 0 bridgehead atoms. The molecular formula is C19H19N3O4S. The monoisotopic (exact) mass is 385 g/mol. The Labute approximate surface area is 157 Å². The summed E-state index contributed by atoms with van der Waals surface area (Å²) in [6, 6.07) is 16.0. The van der Waals surface area contributed by atoms with Gasteiger partial charge in [-0.1, -0.05) is 54.5 Å². The van der Waals surface area contributed by atoms with Crippen molar-refractivity contribution in [2.24, 2.45) is 0 Å². The van der Waals surface area contributed by atoms with E-state index in [4.69, 9.17) is 4.42 Å². The Morgan fingerprint density at radius 2 is 1.70 bits per heavy atom. The second-order valence-corrected chi connectivity index (χ2v) is 8.21. The molecule has 0 saturated heterocycles. The van der Waals surface area contributed by atoms with E-state index in [9.17, 15) is 13.2 Å². The van der Waals surface area contributed by atoms with Gasteiger partial charge in [-0.15, -0.1) is 5.10 Å². The van der Waals surface area contributed by atoms with E-state index < -0.39 is 9.84 Å². The van der Waals surface area contributed by atoms with Crippen LogP contribution in [0.3, 0.4) is 0 Å². The summed E-state index contributed by atoms with van der Waals surface area (Å²) >= 11 is 0. The van der Waals surface area contributed by atoms with Crippen LogP contribution in [-0.2, 0) is 27.5 Å². The topological polar surface area (TPSA) is 102 Å². The van der Waals surface area contributed by atoms with Crippen molar-refractivity contribution in [2.45, 2.75) is 24.7 Å². The normalized spacial score (nSPS) is 11.3. The van der Waals surface area contributed by atoms with Gasteiger partial charge in [-0.25, -0.2) is 8.42 Å². The summed E-state index contributed by atoms with van der Waals surface area (Å²) in [5.74, 6) is 0.122. The van der Waals surface area contributed by atoms with Crippen LogP contribution in [0.15, 0.2) is 63.9 Å². The van der Waals surface area contributed by atoms with Gasteiger partial charge in [-0.2, -0.15) is 0 Å². The molecule has 3 rings (SSSR count). The van der Waals surface area contributed by atoms with E-state index >= 15 is 0 Å². The lowest BCUT2D eigenvalue weighted by Gasteiger charge is -2.04. The molecule has 0 fully saturated rings. The Bertz CT molecular complexity index is 1010. The Hall–Kier alpha value is -3.00. The van der Waals surface area contributed by atoms with Gasteiger partial charge in [0.05, 0.1) is 23.5 Å². The molecule has 0 aliphatic rings. The summed E-state index contributed by atoms with van der Waals surface area (Å²) in [6.45, 7) is 1.59. The molecule has 3 aromatic rings. The van der Waals surface area contributed by atoms with E-state index in [0.29, 0.717) is 17.9 Å². The van der Waals surface area contributed by atoms with E-state index in [2.05, 4.69) is 15.5 Å². The van der Waals surface area contributed by atoms with Crippen LogP contribution in [0.25, 0.3) is 0 Å². The van der Waals surface area contributed by atoms with Gasteiger partial charge in [-0.05, 0) is 23.3 Å². The molecule has 140 valence electrons. The molecule has 1 amide bonds. The molecule has 0 aliphatic heterocycles. The van der Waals surface area contributed by atoms with E-state index in [-0.39, 0.29) is 29.0 Å². The Morgan fingerprint density at radius 3 is 2.37 bits per heavy atom. The first-order chi connectivity index (χ1) is 13.0. The third-order valence-electron chi connectivity index (χ3n) is 3.94. The van der Waals surface area contributed by atoms with Crippen LogP contribution in [0.4, 0.5) is 6.01 Å². The van der Waals surface area contributed by atoms with Crippen molar-refractivity contribution in [3.05, 3.63) is 71.6 Å². The number of amides is 1. The summed E-state index contributed by atoms with van der Waals surface area (Å²) in [5.41, 5.74) is 1.72. The Morgan fingerprint density at radius 1 is 1.00 bits per heavy atom. The SMILES string of the molecule is CCS(=O)(=O)c1ccc(CC(=O)Nc2nnc(Cc3ccccc3)o2)cc1. The van der Waals surface area contributed by atoms with Crippen LogP contribution in [-0.4, -0.2) is 30.3 Å². The third kappa shape index (κ3) is 5.01. The minimum Gasteiger partial charge on any atom is -0.407 e. The lowest BCUT2D eigenvalue weighted by Crippen LogP contribution is -2.14. The number of hydrogen-bond acceptors (Lipinski definition) is 6. The standard InChI is InChI=1S/C19H19N3O4S/c1-2-27(24,25)16-10-8-15(9-11-16)12-17(23)20-19-22-21-18(26-19)13-14-6-4-3-5-7-14/h3-11H,2,12-13H2,1H3,(H,20,22,23). The van der Waals surface area contributed by atoms with Crippen molar-refractivity contribution in [2.75, 3.05) is 11.1 Å². The number of hydrogen-bond donors (Lipinski definition) is 1. The molecule has 1 N–H and O–H groups in total. The molecule has 0 unspecified atom stereocenters. The first-order valence-corrected chi connectivity index (χ1v) is 10.1. The zero-order valence-corrected chi connectivity index (χ0v) is 15.6. The van der Waals surface area contributed by atoms with E-state index in [1.807, 2.05) is 30.3 Å². The van der Waals surface area contributed by atoms with E-state index in [0.717, 1.165) is 5.56 Å². The van der Waals surface area contributed by atoms with Gasteiger partial charge in [0.1, 0.15) is 0 Å². The average Bonchev–Trinajstić information content (AvgIpc) is 3.09. The molecule has 0 saturated carbocycles. The number of rotatable bonds is 7. The maximum atomic E-state index is 12.1. The first-order valence-electron chi connectivity index (χ1n) is 8.44. The second kappa shape index (κ2) is 8.13. The minimum absolute atomic E-state index is 0.0370. The van der Waals surface area contributed by atoms with Crippen LogP contribution in [0.5, 0.6) is 0 Å². The highest BCUT2D eigenvalue weighted by molar-refractivity contribution is 7.91. The zero-order valence-electron chi connectivity index (χ0n) is 14.8. The predicted octanol–water partition coefficient (Wildman–Crippen LogP) is 2.64. The number of carbonyl (C=O) groups is 1. The number of aromatic nitrogens is 2.